The van der Waals surface area contributed by atoms with Crippen molar-refractivity contribution in [2.45, 2.75) is 19.9 Å². The molecule has 1 aromatic rings. The Hall–Kier alpha value is -1.13. The zero-order chi connectivity index (χ0) is 13.0. The van der Waals surface area contributed by atoms with Crippen LogP contribution in [-0.4, -0.2) is 37.6 Å². The second kappa shape index (κ2) is 6.16. The topological polar surface area (TPSA) is 32.5 Å². The van der Waals surface area contributed by atoms with Gasteiger partial charge in [-0.15, -0.1) is 0 Å². The average Bonchev–Trinajstić information content (AvgIpc) is 2.40. The fourth-order valence-corrected chi connectivity index (χ4v) is 2.55. The van der Waals surface area contributed by atoms with Gasteiger partial charge in [0.15, 0.2) is 0 Å². The first kappa shape index (κ1) is 13.3. The zero-order valence-electron chi connectivity index (χ0n) is 11.0. The van der Waals surface area contributed by atoms with Crippen molar-refractivity contribution in [1.82, 2.24) is 4.90 Å². The van der Waals surface area contributed by atoms with Gasteiger partial charge in [0.25, 0.3) is 0 Å². The predicted molar refractivity (Wildman–Crippen MR) is 73.2 cm³/mol. The summed E-state index contributed by atoms with van der Waals surface area (Å²) in [5.41, 5.74) is 7.69. The van der Waals surface area contributed by atoms with E-state index in [9.17, 15) is 4.39 Å². The Morgan fingerprint density at radius 2 is 1.94 bits per heavy atom. The van der Waals surface area contributed by atoms with E-state index in [1.807, 2.05) is 6.07 Å². The zero-order valence-corrected chi connectivity index (χ0v) is 11.0. The molecule has 0 atom stereocenters. The maximum absolute atomic E-state index is 13.2. The van der Waals surface area contributed by atoms with E-state index in [1.165, 1.54) is 19.0 Å². The van der Waals surface area contributed by atoms with Crippen molar-refractivity contribution in [3.05, 3.63) is 29.6 Å². The first-order valence-electron chi connectivity index (χ1n) is 6.70. The molecule has 0 bridgehead atoms. The second-order valence-electron chi connectivity index (χ2n) is 4.81. The quantitative estimate of drug-likeness (QED) is 0.886. The summed E-state index contributed by atoms with van der Waals surface area (Å²) in [5, 5.41) is 0. The van der Waals surface area contributed by atoms with Gasteiger partial charge in [-0.05, 0) is 36.7 Å². The van der Waals surface area contributed by atoms with Gasteiger partial charge in [-0.25, -0.2) is 4.39 Å². The van der Waals surface area contributed by atoms with Crippen LogP contribution in [0.2, 0.25) is 0 Å². The van der Waals surface area contributed by atoms with Gasteiger partial charge in [-0.1, -0.05) is 6.92 Å². The lowest BCUT2D eigenvalue weighted by atomic mass is 10.1. The molecule has 0 aromatic heterocycles. The highest BCUT2D eigenvalue weighted by Crippen LogP contribution is 2.22. The van der Waals surface area contributed by atoms with Gasteiger partial charge in [0.2, 0.25) is 0 Å². The summed E-state index contributed by atoms with van der Waals surface area (Å²) in [4.78, 5) is 4.79. The SMILES string of the molecule is CCCN1CCN(c2ccc(F)cc2CN)CC1. The number of halogens is 1. The van der Waals surface area contributed by atoms with Crippen molar-refractivity contribution in [3.8, 4) is 0 Å². The van der Waals surface area contributed by atoms with E-state index >= 15 is 0 Å². The number of hydrogen-bond acceptors (Lipinski definition) is 3. The number of piperazine rings is 1. The molecular formula is C14H22FN3. The van der Waals surface area contributed by atoms with E-state index in [1.54, 1.807) is 6.07 Å². The molecular weight excluding hydrogens is 229 g/mol. The van der Waals surface area contributed by atoms with E-state index in [4.69, 9.17) is 5.73 Å². The minimum absolute atomic E-state index is 0.205. The molecule has 4 heteroatoms. The van der Waals surface area contributed by atoms with E-state index in [-0.39, 0.29) is 5.82 Å². The van der Waals surface area contributed by atoms with Crippen LogP contribution >= 0.6 is 0 Å². The third-order valence-electron chi connectivity index (χ3n) is 3.51. The Morgan fingerprint density at radius 3 is 2.56 bits per heavy atom. The van der Waals surface area contributed by atoms with Crippen LogP contribution in [0.5, 0.6) is 0 Å². The molecule has 0 saturated carbocycles. The first-order chi connectivity index (χ1) is 8.74. The predicted octanol–water partition coefficient (Wildman–Crippen LogP) is 1.82. The van der Waals surface area contributed by atoms with E-state index in [0.29, 0.717) is 6.54 Å². The van der Waals surface area contributed by atoms with Crippen LogP contribution in [0.3, 0.4) is 0 Å². The third-order valence-corrected chi connectivity index (χ3v) is 3.51. The van der Waals surface area contributed by atoms with Crippen LogP contribution in [0.1, 0.15) is 18.9 Å². The Bertz CT molecular complexity index is 387. The molecule has 0 unspecified atom stereocenters. The van der Waals surface area contributed by atoms with Crippen molar-refractivity contribution >= 4 is 5.69 Å². The molecule has 1 aliphatic rings. The molecule has 3 nitrogen and oxygen atoms in total. The summed E-state index contributed by atoms with van der Waals surface area (Å²) in [6.45, 7) is 7.92. The monoisotopic (exact) mass is 251 g/mol. The van der Waals surface area contributed by atoms with Gasteiger partial charge in [0, 0.05) is 38.4 Å². The van der Waals surface area contributed by atoms with Crippen LogP contribution in [-0.2, 0) is 6.54 Å². The molecule has 100 valence electrons. The highest BCUT2D eigenvalue weighted by molar-refractivity contribution is 5.54. The van der Waals surface area contributed by atoms with Crippen LogP contribution < -0.4 is 10.6 Å². The van der Waals surface area contributed by atoms with Gasteiger partial charge in [-0.2, -0.15) is 0 Å². The fourth-order valence-electron chi connectivity index (χ4n) is 2.55. The molecule has 1 aromatic carbocycles. The summed E-state index contributed by atoms with van der Waals surface area (Å²) in [7, 11) is 0. The minimum atomic E-state index is -0.205. The molecule has 0 spiro atoms. The molecule has 1 heterocycles. The Labute approximate surface area is 108 Å². The molecule has 2 N–H and O–H groups in total. The lowest BCUT2D eigenvalue weighted by molar-refractivity contribution is 0.258. The molecule has 0 amide bonds. The summed E-state index contributed by atoms with van der Waals surface area (Å²) < 4.78 is 13.2. The number of nitrogens with two attached hydrogens (primary N) is 1. The van der Waals surface area contributed by atoms with Crippen molar-refractivity contribution in [2.75, 3.05) is 37.6 Å². The minimum Gasteiger partial charge on any atom is -0.369 e. The number of anilines is 1. The maximum Gasteiger partial charge on any atom is 0.123 e. The largest absolute Gasteiger partial charge is 0.369 e. The van der Waals surface area contributed by atoms with Crippen molar-refractivity contribution in [2.24, 2.45) is 5.73 Å². The lowest BCUT2D eigenvalue weighted by Crippen LogP contribution is -2.46. The van der Waals surface area contributed by atoms with E-state index in [2.05, 4.69) is 16.7 Å². The number of benzene rings is 1. The number of rotatable bonds is 4. The first-order valence-corrected chi connectivity index (χ1v) is 6.70. The average molecular weight is 251 g/mol. The van der Waals surface area contributed by atoms with Gasteiger partial charge in [-0.3, -0.25) is 4.90 Å². The van der Waals surface area contributed by atoms with Crippen molar-refractivity contribution < 1.29 is 4.39 Å². The van der Waals surface area contributed by atoms with Crippen LogP contribution in [0, 0.1) is 5.82 Å². The standard InChI is InChI=1S/C14H22FN3/c1-2-5-17-6-8-18(9-7-17)14-4-3-13(15)10-12(14)11-16/h3-4,10H,2,5-9,11,16H2,1H3. The molecule has 1 fully saturated rings. The highest BCUT2D eigenvalue weighted by Gasteiger charge is 2.18. The lowest BCUT2D eigenvalue weighted by Gasteiger charge is -2.36. The van der Waals surface area contributed by atoms with E-state index in [0.717, 1.165) is 37.4 Å². The van der Waals surface area contributed by atoms with E-state index < -0.39 is 0 Å². The summed E-state index contributed by atoms with van der Waals surface area (Å²) >= 11 is 0. The second-order valence-corrected chi connectivity index (χ2v) is 4.81. The smallest absolute Gasteiger partial charge is 0.123 e. The van der Waals surface area contributed by atoms with Crippen LogP contribution in [0.4, 0.5) is 10.1 Å². The Morgan fingerprint density at radius 1 is 1.22 bits per heavy atom. The maximum atomic E-state index is 13.2. The molecule has 0 aliphatic carbocycles. The van der Waals surface area contributed by atoms with Crippen molar-refractivity contribution in [1.29, 1.82) is 0 Å². The molecule has 1 aliphatic heterocycles. The Balaban J connectivity index is 2.05. The molecule has 18 heavy (non-hydrogen) atoms. The van der Waals surface area contributed by atoms with Crippen LogP contribution in [0.25, 0.3) is 0 Å². The molecule has 1 saturated heterocycles. The molecule has 2 rings (SSSR count). The van der Waals surface area contributed by atoms with Crippen molar-refractivity contribution in [3.63, 3.8) is 0 Å². The fraction of sp³-hybridized carbons (Fsp3) is 0.571. The van der Waals surface area contributed by atoms with Gasteiger partial charge in [0.1, 0.15) is 5.82 Å². The van der Waals surface area contributed by atoms with Crippen LogP contribution in [0.15, 0.2) is 18.2 Å². The van der Waals surface area contributed by atoms with Gasteiger partial charge in [0.05, 0.1) is 0 Å². The Kier molecular flexibility index (Phi) is 4.55. The molecule has 0 radical (unpaired) electrons. The highest BCUT2D eigenvalue weighted by atomic mass is 19.1. The summed E-state index contributed by atoms with van der Waals surface area (Å²) in [6.07, 6.45) is 1.20. The summed E-state index contributed by atoms with van der Waals surface area (Å²) in [6, 6.07) is 4.92. The number of hydrogen-bond donors (Lipinski definition) is 1. The number of nitrogens with zero attached hydrogens (tertiary/aromatic N) is 2. The summed E-state index contributed by atoms with van der Waals surface area (Å²) in [5.74, 6) is -0.205. The van der Waals surface area contributed by atoms with Gasteiger partial charge >= 0.3 is 0 Å². The normalized spacial score (nSPS) is 17.2. The third kappa shape index (κ3) is 3.00. The van der Waals surface area contributed by atoms with Gasteiger partial charge < -0.3 is 10.6 Å².